The average Bonchev–Trinajstić information content (AvgIpc) is 3.39. The van der Waals surface area contributed by atoms with E-state index in [0.717, 1.165) is 41.2 Å². The SMILES string of the molecule is Cc1ccc(S(=O)(=O)n2c(-c3ccc(S(C)(=O)=O)c(CO)c3)cc3c4c(ccc32)[C@H](N)CC4)cc1. The van der Waals surface area contributed by atoms with Crippen molar-refractivity contribution in [1.82, 2.24) is 3.97 Å². The summed E-state index contributed by atoms with van der Waals surface area (Å²) in [6, 6.07) is 16.6. The Bertz CT molecular complexity index is 1690. The van der Waals surface area contributed by atoms with Gasteiger partial charge in [-0.2, -0.15) is 0 Å². The molecule has 0 fully saturated rings. The lowest BCUT2D eigenvalue weighted by Crippen LogP contribution is -2.14. The van der Waals surface area contributed by atoms with Crippen molar-refractivity contribution in [3.63, 3.8) is 0 Å². The zero-order valence-corrected chi connectivity index (χ0v) is 21.0. The van der Waals surface area contributed by atoms with Crippen LogP contribution >= 0.6 is 0 Å². The molecule has 1 aliphatic rings. The fourth-order valence-electron chi connectivity index (χ4n) is 4.91. The normalized spacial score (nSPS) is 16.1. The van der Waals surface area contributed by atoms with E-state index in [0.29, 0.717) is 16.8 Å². The number of aryl methyl sites for hydroxylation is 2. The summed E-state index contributed by atoms with van der Waals surface area (Å²) in [5, 5.41) is 10.7. The highest BCUT2D eigenvalue weighted by Gasteiger charge is 2.29. The molecule has 9 heteroatoms. The van der Waals surface area contributed by atoms with Crippen molar-refractivity contribution in [1.29, 1.82) is 0 Å². The molecular formula is C26H26N2O5S2. The van der Waals surface area contributed by atoms with E-state index in [1.165, 1.54) is 16.1 Å². The summed E-state index contributed by atoms with van der Waals surface area (Å²) >= 11 is 0. The predicted molar refractivity (Wildman–Crippen MR) is 135 cm³/mol. The first-order valence-corrected chi connectivity index (χ1v) is 14.5. The van der Waals surface area contributed by atoms with Gasteiger partial charge in [0, 0.05) is 17.7 Å². The fourth-order valence-corrected chi connectivity index (χ4v) is 7.35. The first-order chi connectivity index (χ1) is 16.5. The summed E-state index contributed by atoms with van der Waals surface area (Å²) in [6.45, 7) is 1.39. The lowest BCUT2D eigenvalue weighted by molar-refractivity contribution is 0.278. The molecule has 0 radical (unpaired) electrons. The number of hydrogen-bond donors (Lipinski definition) is 2. The van der Waals surface area contributed by atoms with Crippen molar-refractivity contribution in [3.05, 3.63) is 82.9 Å². The first-order valence-electron chi connectivity index (χ1n) is 11.2. The fraction of sp³-hybridized carbons (Fsp3) is 0.231. The van der Waals surface area contributed by atoms with E-state index in [2.05, 4.69) is 0 Å². The summed E-state index contributed by atoms with van der Waals surface area (Å²) < 4.78 is 53.6. The number of aliphatic hydroxyl groups is 1. The lowest BCUT2D eigenvalue weighted by atomic mass is 10.0. The monoisotopic (exact) mass is 510 g/mol. The number of fused-ring (bicyclic) bond motifs is 3. The van der Waals surface area contributed by atoms with Crippen LogP contribution in [0.4, 0.5) is 0 Å². The van der Waals surface area contributed by atoms with Crippen LogP contribution in [0.5, 0.6) is 0 Å². The maximum Gasteiger partial charge on any atom is 0.268 e. The van der Waals surface area contributed by atoms with Crippen LogP contribution in [0.15, 0.2) is 70.5 Å². The van der Waals surface area contributed by atoms with Crippen molar-refractivity contribution in [2.24, 2.45) is 5.73 Å². The molecule has 1 aromatic heterocycles. The Labute approximate surface area is 204 Å². The maximum atomic E-state index is 14.0. The molecule has 0 spiro atoms. The van der Waals surface area contributed by atoms with Crippen LogP contribution in [0.1, 0.15) is 34.7 Å². The molecule has 7 nitrogen and oxygen atoms in total. The number of sulfone groups is 1. The van der Waals surface area contributed by atoms with Crippen molar-refractivity contribution in [2.75, 3.05) is 6.26 Å². The summed E-state index contributed by atoms with van der Waals surface area (Å²) in [5.41, 5.74) is 10.9. The van der Waals surface area contributed by atoms with Gasteiger partial charge in [-0.25, -0.2) is 20.8 Å². The van der Waals surface area contributed by atoms with E-state index in [1.54, 1.807) is 36.4 Å². The third-order valence-electron chi connectivity index (χ3n) is 6.68. The third kappa shape index (κ3) is 3.88. The van der Waals surface area contributed by atoms with Gasteiger partial charge in [0.05, 0.1) is 27.6 Å². The number of nitrogens with two attached hydrogens (primary N) is 1. The average molecular weight is 511 g/mol. The van der Waals surface area contributed by atoms with Gasteiger partial charge in [0.1, 0.15) is 0 Å². The molecule has 0 bridgehead atoms. The topological polar surface area (TPSA) is 119 Å². The Balaban J connectivity index is 1.84. The summed E-state index contributed by atoms with van der Waals surface area (Å²) in [4.78, 5) is 0.161. The molecular weight excluding hydrogens is 484 g/mol. The van der Waals surface area contributed by atoms with Gasteiger partial charge < -0.3 is 10.8 Å². The molecule has 3 aromatic carbocycles. The van der Waals surface area contributed by atoms with Crippen LogP contribution in [-0.2, 0) is 32.9 Å². The Morgan fingerprint density at radius 1 is 1.00 bits per heavy atom. The van der Waals surface area contributed by atoms with Crippen LogP contribution in [0.2, 0.25) is 0 Å². The second-order valence-corrected chi connectivity index (χ2v) is 12.8. The molecule has 35 heavy (non-hydrogen) atoms. The molecule has 4 aromatic rings. The van der Waals surface area contributed by atoms with E-state index in [-0.39, 0.29) is 21.4 Å². The molecule has 0 amide bonds. The number of aromatic nitrogens is 1. The Kier molecular flexibility index (Phi) is 5.63. The van der Waals surface area contributed by atoms with Crippen LogP contribution in [0.3, 0.4) is 0 Å². The molecule has 0 aliphatic heterocycles. The Morgan fingerprint density at radius 2 is 1.71 bits per heavy atom. The van der Waals surface area contributed by atoms with Crippen LogP contribution < -0.4 is 5.73 Å². The van der Waals surface area contributed by atoms with Crippen molar-refractivity contribution < 1.29 is 21.9 Å². The smallest absolute Gasteiger partial charge is 0.268 e. The van der Waals surface area contributed by atoms with E-state index < -0.39 is 26.5 Å². The number of rotatable bonds is 5. The van der Waals surface area contributed by atoms with Crippen molar-refractivity contribution in [2.45, 2.75) is 42.2 Å². The zero-order valence-electron chi connectivity index (χ0n) is 19.4. The molecule has 5 rings (SSSR count). The molecule has 0 saturated heterocycles. The second-order valence-electron chi connectivity index (χ2n) is 9.08. The van der Waals surface area contributed by atoms with E-state index >= 15 is 0 Å². The van der Waals surface area contributed by atoms with Gasteiger partial charge in [-0.1, -0.05) is 29.8 Å². The highest BCUT2D eigenvalue weighted by atomic mass is 32.2. The van der Waals surface area contributed by atoms with Crippen LogP contribution in [0, 0.1) is 6.92 Å². The largest absolute Gasteiger partial charge is 0.392 e. The highest BCUT2D eigenvalue weighted by molar-refractivity contribution is 7.90. The van der Waals surface area contributed by atoms with Gasteiger partial charge in [0.15, 0.2) is 9.84 Å². The molecule has 0 unspecified atom stereocenters. The molecule has 3 N–H and O–H groups in total. The zero-order chi connectivity index (χ0) is 25.1. The van der Waals surface area contributed by atoms with E-state index in [9.17, 15) is 21.9 Å². The molecule has 1 heterocycles. The number of hydrogen-bond acceptors (Lipinski definition) is 6. The highest BCUT2D eigenvalue weighted by Crippen LogP contribution is 2.40. The summed E-state index contributed by atoms with van der Waals surface area (Å²) in [6.07, 6.45) is 2.61. The number of benzene rings is 3. The predicted octanol–water partition coefficient (Wildman–Crippen LogP) is 3.70. The maximum absolute atomic E-state index is 14.0. The standard InChI is InChI=1S/C26H26N2O5S2/c1-16-3-6-19(7-4-16)35(32,33)28-24-11-9-21-20(8-10-23(21)27)22(24)14-25(28)17-5-12-26(34(2,30)31)18(13-17)15-29/h3-7,9,11-14,23,29H,8,10,15,27H2,1-2H3/t23-/m1/s1. The minimum atomic E-state index is -4.00. The van der Waals surface area contributed by atoms with Crippen LogP contribution in [-0.4, -0.2) is 32.2 Å². The van der Waals surface area contributed by atoms with Gasteiger partial charge in [-0.05, 0) is 78.4 Å². The van der Waals surface area contributed by atoms with Gasteiger partial charge in [0.2, 0.25) is 0 Å². The lowest BCUT2D eigenvalue weighted by Gasteiger charge is -2.14. The van der Waals surface area contributed by atoms with Gasteiger partial charge >= 0.3 is 0 Å². The summed E-state index contributed by atoms with van der Waals surface area (Å²) in [7, 11) is -7.57. The molecule has 0 saturated carbocycles. The summed E-state index contributed by atoms with van der Waals surface area (Å²) in [5.74, 6) is 0. The van der Waals surface area contributed by atoms with Gasteiger partial charge in [0.25, 0.3) is 10.0 Å². The number of aliphatic hydroxyl groups excluding tert-OH is 1. The molecule has 1 atom stereocenters. The van der Waals surface area contributed by atoms with E-state index in [4.69, 9.17) is 5.73 Å². The Hall–Kier alpha value is -2.98. The molecule has 1 aliphatic carbocycles. The minimum Gasteiger partial charge on any atom is -0.392 e. The second kappa shape index (κ2) is 8.30. The molecule has 182 valence electrons. The third-order valence-corrected chi connectivity index (χ3v) is 9.62. The van der Waals surface area contributed by atoms with Crippen LogP contribution in [0.25, 0.3) is 22.2 Å². The van der Waals surface area contributed by atoms with Gasteiger partial charge in [-0.3, -0.25) is 0 Å². The number of nitrogens with zero attached hydrogens (tertiary/aromatic N) is 1. The minimum absolute atomic E-state index is 0.0136. The van der Waals surface area contributed by atoms with E-state index in [1.807, 2.05) is 19.1 Å². The van der Waals surface area contributed by atoms with Gasteiger partial charge in [-0.15, -0.1) is 0 Å². The quantitative estimate of drug-likeness (QED) is 0.423. The van der Waals surface area contributed by atoms with Crippen molar-refractivity contribution in [3.8, 4) is 11.3 Å². The first kappa shape index (κ1) is 23.7. The Morgan fingerprint density at radius 3 is 2.37 bits per heavy atom. The van der Waals surface area contributed by atoms with Crippen molar-refractivity contribution >= 4 is 30.8 Å².